The highest BCUT2D eigenvalue weighted by Crippen LogP contribution is 1.97. The number of carbonyl (C=O) groups excluding carboxylic acids is 2. The van der Waals surface area contributed by atoms with E-state index in [9.17, 15) is 14.7 Å². The fourth-order valence-electron chi connectivity index (χ4n) is 1.74. The van der Waals surface area contributed by atoms with Gasteiger partial charge < -0.3 is 15.7 Å². The first kappa shape index (κ1) is 16.2. The Balaban J connectivity index is 2.17. The maximum Gasteiger partial charge on any atom is 0.251 e. The van der Waals surface area contributed by atoms with E-state index in [0.29, 0.717) is 12.0 Å². The highest BCUT2D eigenvalue weighted by molar-refractivity contribution is 5.94. The molecule has 2 amide bonds. The molecule has 20 heavy (non-hydrogen) atoms. The largest absolute Gasteiger partial charge is 0.391 e. The number of carbonyl (C=O) groups is 2. The molecule has 0 aromatic heterocycles. The second-order valence-electron chi connectivity index (χ2n) is 4.62. The van der Waals surface area contributed by atoms with Crippen LogP contribution < -0.4 is 10.6 Å². The lowest BCUT2D eigenvalue weighted by molar-refractivity contribution is -0.121. The molecule has 0 heterocycles. The standard InChI is InChI=1S/C15H22N2O3/c1-2-6-13(18)11-17-14(19)9-10-16-15(20)12-7-4-3-5-8-12/h3-5,7-8,13,18H,2,6,9-11H2,1H3,(H,16,20)(H,17,19). The SMILES string of the molecule is CCCC(O)CNC(=O)CCNC(=O)c1ccccc1. The Kier molecular flexibility index (Phi) is 7.35. The molecule has 0 saturated carbocycles. The second-order valence-corrected chi connectivity index (χ2v) is 4.62. The highest BCUT2D eigenvalue weighted by atomic mass is 16.3. The molecule has 0 aliphatic heterocycles. The Morgan fingerprint density at radius 3 is 2.55 bits per heavy atom. The first-order valence-electron chi connectivity index (χ1n) is 6.91. The molecule has 0 fully saturated rings. The Labute approximate surface area is 119 Å². The van der Waals surface area contributed by atoms with Gasteiger partial charge in [0, 0.05) is 25.1 Å². The minimum Gasteiger partial charge on any atom is -0.391 e. The van der Waals surface area contributed by atoms with Gasteiger partial charge in [-0.3, -0.25) is 9.59 Å². The summed E-state index contributed by atoms with van der Waals surface area (Å²) >= 11 is 0. The van der Waals surface area contributed by atoms with E-state index in [2.05, 4.69) is 10.6 Å². The van der Waals surface area contributed by atoms with Gasteiger partial charge in [-0.15, -0.1) is 0 Å². The maximum absolute atomic E-state index is 11.7. The van der Waals surface area contributed by atoms with Crippen molar-refractivity contribution in [3.05, 3.63) is 35.9 Å². The smallest absolute Gasteiger partial charge is 0.251 e. The molecule has 3 N–H and O–H groups in total. The van der Waals surface area contributed by atoms with Crippen LogP contribution in [0.5, 0.6) is 0 Å². The molecule has 0 bridgehead atoms. The Hall–Kier alpha value is -1.88. The summed E-state index contributed by atoms with van der Waals surface area (Å²) in [5, 5.41) is 14.8. The third kappa shape index (κ3) is 6.33. The van der Waals surface area contributed by atoms with Gasteiger partial charge in [-0.25, -0.2) is 0 Å². The van der Waals surface area contributed by atoms with Crippen molar-refractivity contribution < 1.29 is 14.7 Å². The monoisotopic (exact) mass is 278 g/mol. The molecular weight excluding hydrogens is 256 g/mol. The summed E-state index contributed by atoms with van der Waals surface area (Å²) in [6.07, 6.45) is 1.26. The van der Waals surface area contributed by atoms with Crippen molar-refractivity contribution in [3.63, 3.8) is 0 Å². The van der Waals surface area contributed by atoms with E-state index >= 15 is 0 Å². The van der Waals surface area contributed by atoms with Gasteiger partial charge in [0.25, 0.3) is 5.91 Å². The Bertz CT molecular complexity index is 420. The number of hydrogen-bond acceptors (Lipinski definition) is 3. The van der Waals surface area contributed by atoms with Crippen molar-refractivity contribution in [3.8, 4) is 0 Å². The first-order valence-corrected chi connectivity index (χ1v) is 6.91. The van der Waals surface area contributed by atoms with Gasteiger partial charge in [0.2, 0.25) is 5.91 Å². The topological polar surface area (TPSA) is 78.4 Å². The van der Waals surface area contributed by atoms with Crippen molar-refractivity contribution in [2.45, 2.75) is 32.3 Å². The van der Waals surface area contributed by atoms with Crippen LogP contribution in [0.15, 0.2) is 30.3 Å². The lowest BCUT2D eigenvalue weighted by atomic mass is 10.2. The average molecular weight is 278 g/mol. The van der Waals surface area contributed by atoms with E-state index in [-0.39, 0.29) is 31.3 Å². The third-order valence-electron chi connectivity index (χ3n) is 2.83. The first-order chi connectivity index (χ1) is 9.63. The Morgan fingerprint density at radius 1 is 1.20 bits per heavy atom. The average Bonchev–Trinajstić information content (AvgIpc) is 2.46. The van der Waals surface area contributed by atoms with E-state index in [1.54, 1.807) is 24.3 Å². The molecule has 1 aromatic rings. The predicted octanol–water partition coefficient (Wildman–Crippen LogP) is 1.08. The van der Waals surface area contributed by atoms with E-state index in [1.807, 2.05) is 13.0 Å². The van der Waals surface area contributed by atoms with E-state index in [0.717, 1.165) is 6.42 Å². The lowest BCUT2D eigenvalue weighted by Crippen LogP contribution is -2.34. The van der Waals surface area contributed by atoms with Gasteiger partial charge in [-0.2, -0.15) is 0 Å². The van der Waals surface area contributed by atoms with Crippen LogP contribution in [0.2, 0.25) is 0 Å². The fourth-order valence-corrected chi connectivity index (χ4v) is 1.74. The Morgan fingerprint density at radius 2 is 1.90 bits per heavy atom. The highest BCUT2D eigenvalue weighted by Gasteiger charge is 2.07. The molecular formula is C15H22N2O3. The van der Waals surface area contributed by atoms with Crippen LogP contribution in [-0.2, 0) is 4.79 Å². The number of aliphatic hydroxyl groups is 1. The van der Waals surface area contributed by atoms with Crippen molar-refractivity contribution >= 4 is 11.8 Å². The minimum atomic E-state index is -0.497. The summed E-state index contributed by atoms with van der Waals surface area (Å²) in [5.74, 6) is -0.363. The molecule has 0 spiro atoms. The molecule has 1 rings (SSSR count). The van der Waals surface area contributed by atoms with Crippen LogP contribution in [0.25, 0.3) is 0 Å². The van der Waals surface area contributed by atoms with Crippen LogP contribution in [0.4, 0.5) is 0 Å². The molecule has 5 nitrogen and oxygen atoms in total. The third-order valence-corrected chi connectivity index (χ3v) is 2.83. The zero-order valence-corrected chi connectivity index (χ0v) is 11.8. The summed E-state index contributed by atoms with van der Waals surface area (Å²) in [4.78, 5) is 23.2. The van der Waals surface area contributed by atoms with Crippen LogP contribution >= 0.6 is 0 Å². The maximum atomic E-state index is 11.7. The van der Waals surface area contributed by atoms with Crippen LogP contribution in [0.3, 0.4) is 0 Å². The summed E-state index contributed by atoms with van der Waals surface area (Å²) < 4.78 is 0. The number of rotatable bonds is 8. The summed E-state index contributed by atoms with van der Waals surface area (Å²) in [7, 11) is 0. The second kappa shape index (κ2) is 9.09. The zero-order valence-electron chi connectivity index (χ0n) is 11.8. The zero-order chi connectivity index (χ0) is 14.8. The lowest BCUT2D eigenvalue weighted by Gasteiger charge is -2.11. The number of nitrogens with one attached hydrogen (secondary N) is 2. The van der Waals surface area contributed by atoms with Crippen molar-refractivity contribution in [1.82, 2.24) is 10.6 Å². The molecule has 110 valence electrons. The molecule has 1 atom stereocenters. The van der Waals surface area contributed by atoms with Crippen molar-refractivity contribution in [2.24, 2.45) is 0 Å². The minimum absolute atomic E-state index is 0.173. The van der Waals surface area contributed by atoms with Crippen molar-refractivity contribution in [2.75, 3.05) is 13.1 Å². The van der Waals surface area contributed by atoms with E-state index < -0.39 is 6.10 Å². The van der Waals surface area contributed by atoms with Gasteiger partial charge in [0.15, 0.2) is 0 Å². The molecule has 0 aliphatic carbocycles. The number of benzene rings is 1. The number of hydrogen-bond donors (Lipinski definition) is 3. The van der Waals surface area contributed by atoms with E-state index in [4.69, 9.17) is 0 Å². The quantitative estimate of drug-likeness (QED) is 0.666. The van der Waals surface area contributed by atoms with Crippen LogP contribution in [-0.4, -0.2) is 36.1 Å². The molecule has 0 saturated heterocycles. The van der Waals surface area contributed by atoms with Gasteiger partial charge in [0.05, 0.1) is 6.10 Å². The molecule has 5 heteroatoms. The number of aliphatic hydroxyl groups excluding tert-OH is 1. The summed E-state index contributed by atoms with van der Waals surface area (Å²) in [6.45, 7) is 2.52. The summed E-state index contributed by atoms with van der Waals surface area (Å²) in [5.41, 5.74) is 0.575. The molecule has 0 aliphatic rings. The van der Waals surface area contributed by atoms with Gasteiger partial charge in [-0.1, -0.05) is 31.5 Å². The van der Waals surface area contributed by atoms with E-state index in [1.165, 1.54) is 0 Å². The molecule has 1 unspecified atom stereocenters. The van der Waals surface area contributed by atoms with Gasteiger partial charge >= 0.3 is 0 Å². The van der Waals surface area contributed by atoms with Crippen LogP contribution in [0, 0.1) is 0 Å². The van der Waals surface area contributed by atoms with Gasteiger partial charge in [0.1, 0.15) is 0 Å². The summed E-state index contributed by atoms with van der Waals surface area (Å²) in [6, 6.07) is 8.85. The number of amides is 2. The fraction of sp³-hybridized carbons (Fsp3) is 0.467. The van der Waals surface area contributed by atoms with Crippen LogP contribution in [0.1, 0.15) is 36.5 Å². The van der Waals surface area contributed by atoms with Gasteiger partial charge in [-0.05, 0) is 18.6 Å². The molecule has 1 aromatic carbocycles. The molecule has 0 radical (unpaired) electrons. The normalized spacial score (nSPS) is 11.7. The predicted molar refractivity (Wildman–Crippen MR) is 77.3 cm³/mol. The van der Waals surface area contributed by atoms with Crippen molar-refractivity contribution in [1.29, 1.82) is 0 Å².